The van der Waals surface area contributed by atoms with Gasteiger partial charge < -0.3 is 10.9 Å². The number of oxime groups is 1. The maximum atomic E-state index is 13.3. The Morgan fingerprint density at radius 2 is 2.13 bits per heavy atom. The highest BCUT2D eigenvalue weighted by Crippen LogP contribution is 2.22. The number of benzene rings is 1. The first-order chi connectivity index (χ1) is 6.99. The molecular formula is C7H5F2N3O3. The van der Waals surface area contributed by atoms with E-state index in [1.807, 2.05) is 0 Å². The van der Waals surface area contributed by atoms with Crippen molar-refractivity contribution in [3.63, 3.8) is 0 Å². The summed E-state index contributed by atoms with van der Waals surface area (Å²) < 4.78 is 26.3. The normalized spacial score (nSPS) is 11.5. The Balaban J connectivity index is 3.50. The number of rotatable bonds is 2. The molecule has 0 atom stereocenters. The largest absolute Gasteiger partial charge is 0.409 e. The fourth-order valence-electron chi connectivity index (χ4n) is 0.967. The third-order valence-electron chi connectivity index (χ3n) is 1.63. The van der Waals surface area contributed by atoms with E-state index in [0.29, 0.717) is 12.1 Å². The number of hydrogen-bond acceptors (Lipinski definition) is 4. The van der Waals surface area contributed by atoms with Gasteiger partial charge >= 0.3 is 5.69 Å². The van der Waals surface area contributed by atoms with Crippen LogP contribution in [-0.4, -0.2) is 16.0 Å². The number of halogens is 2. The number of amidine groups is 1. The van der Waals surface area contributed by atoms with Crippen molar-refractivity contribution >= 4 is 11.5 Å². The van der Waals surface area contributed by atoms with Crippen molar-refractivity contribution in [3.05, 3.63) is 39.4 Å². The van der Waals surface area contributed by atoms with Gasteiger partial charge in [0.1, 0.15) is 5.82 Å². The number of hydrogen-bond donors (Lipinski definition) is 2. The van der Waals surface area contributed by atoms with Crippen LogP contribution in [0.1, 0.15) is 5.56 Å². The molecule has 0 bridgehead atoms. The van der Waals surface area contributed by atoms with Crippen molar-refractivity contribution in [2.45, 2.75) is 0 Å². The van der Waals surface area contributed by atoms with Gasteiger partial charge in [0.25, 0.3) is 0 Å². The molecule has 0 radical (unpaired) electrons. The molecule has 8 heteroatoms. The Hall–Kier alpha value is -2.25. The average Bonchev–Trinajstić information content (AvgIpc) is 2.16. The quantitative estimate of drug-likeness (QED) is 0.253. The molecule has 3 N–H and O–H groups in total. The molecule has 0 aromatic heterocycles. The zero-order chi connectivity index (χ0) is 11.6. The lowest BCUT2D eigenvalue weighted by Crippen LogP contribution is -2.18. The summed E-state index contributed by atoms with van der Waals surface area (Å²) in [5.74, 6) is -3.49. The molecule has 1 aromatic rings. The highest BCUT2D eigenvalue weighted by molar-refractivity contribution is 5.98. The van der Waals surface area contributed by atoms with Gasteiger partial charge in [-0.3, -0.25) is 10.1 Å². The molecule has 0 saturated heterocycles. The molecule has 0 fully saturated rings. The maximum absolute atomic E-state index is 13.3. The Morgan fingerprint density at radius 3 is 2.60 bits per heavy atom. The van der Waals surface area contributed by atoms with Crippen LogP contribution in [0.5, 0.6) is 0 Å². The SMILES string of the molecule is NC(=NO)c1c(F)ccc([N+](=O)[O-])c1F. The van der Waals surface area contributed by atoms with Gasteiger partial charge in [-0.2, -0.15) is 4.39 Å². The molecule has 80 valence electrons. The zero-order valence-electron chi connectivity index (χ0n) is 7.15. The van der Waals surface area contributed by atoms with Gasteiger partial charge in [0.05, 0.1) is 10.5 Å². The van der Waals surface area contributed by atoms with Crippen molar-refractivity contribution in [1.29, 1.82) is 0 Å². The molecule has 0 amide bonds. The molecule has 6 nitrogen and oxygen atoms in total. The summed E-state index contributed by atoms with van der Waals surface area (Å²) in [7, 11) is 0. The first-order valence-corrected chi connectivity index (χ1v) is 3.59. The first-order valence-electron chi connectivity index (χ1n) is 3.59. The van der Waals surface area contributed by atoms with Gasteiger partial charge in [-0.15, -0.1) is 0 Å². The summed E-state index contributed by atoms with van der Waals surface area (Å²) in [6, 6.07) is 1.31. The summed E-state index contributed by atoms with van der Waals surface area (Å²) in [5, 5.41) is 20.9. The van der Waals surface area contributed by atoms with E-state index in [4.69, 9.17) is 10.9 Å². The lowest BCUT2D eigenvalue weighted by Gasteiger charge is -2.02. The molecule has 0 aliphatic rings. The van der Waals surface area contributed by atoms with Crippen LogP contribution in [0.15, 0.2) is 17.3 Å². The third-order valence-corrected chi connectivity index (χ3v) is 1.63. The van der Waals surface area contributed by atoms with E-state index >= 15 is 0 Å². The minimum absolute atomic E-state index is 0.652. The standard InChI is InChI=1S/C7H5F2N3O3/c8-3-1-2-4(12(14)15)6(9)5(3)7(10)11-13/h1-2,13H,(H2,10,11). The summed E-state index contributed by atoms with van der Waals surface area (Å²) >= 11 is 0. The monoisotopic (exact) mass is 217 g/mol. The molecule has 0 aliphatic carbocycles. The molecule has 0 saturated carbocycles. The van der Waals surface area contributed by atoms with Crippen LogP contribution >= 0.6 is 0 Å². The van der Waals surface area contributed by atoms with Gasteiger partial charge in [0.15, 0.2) is 5.84 Å². The van der Waals surface area contributed by atoms with Crippen molar-refractivity contribution in [2.24, 2.45) is 10.9 Å². The van der Waals surface area contributed by atoms with Crippen molar-refractivity contribution in [2.75, 3.05) is 0 Å². The van der Waals surface area contributed by atoms with E-state index in [2.05, 4.69) is 5.16 Å². The first kappa shape index (κ1) is 10.8. The Morgan fingerprint density at radius 1 is 1.53 bits per heavy atom. The molecular weight excluding hydrogens is 212 g/mol. The number of nitro groups is 1. The van der Waals surface area contributed by atoms with Crippen LogP contribution in [0.2, 0.25) is 0 Å². The summed E-state index contributed by atoms with van der Waals surface area (Å²) in [6.45, 7) is 0. The molecule has 0 unspecified atom stereocenters. The van der Waals surface area contributed by atoms with Crippen LogP contribution in [0.3, 0.4) is 0 Å². The van der Waals surface area contributed by atoms with Gasteiger partial charge in [0.2, 0.25) is 5.82 Å². The fourth-order valence-corrected chi connectivity index (χ4v) is 0.967. The Kier molecular flexibility index (Phi) is 2.79. The van der Waals surface area contributed by atoms with Gasteiger partial charge in [-0.1, -0.05) is 5.16 Å². The van der Waals surface area contributed by atoms with Crippen LogP contribution in [0.4, 0.5) is 14.5 Å². The lowest BCUT2D eigenvalue weighted by atomic mass is 10.1. The summed E-state index contributed by atoms with van der Waals surface area (Å²) in [6.07, 6.45) is 0. The van der Waals surface area contributed by atoms with Crippen LogP contribution in [0, 0.1) is 21.7 Å². The van der Waals surface area contributed by atoms with Gasteiger partial charge in [0, 0.05) is 6.07 Å². The second-order valence-electron chi connectivity index (χ2n) is 2.50. The van der Waals surface area contributed by atoms with Gasteiger partial charge in [-0.25, -0.2) is 4.39 Å². The third kappa shape index (κ3) is 1.82. The summed E-state index contributed by atoms with van der Waals surface area (Å²) in [4.78, 5) is 9.26. The van der Waals surface area contributed by atoms with E-state index < -0.39 is 33.6 Å². The van der Waals surface area contributed by atoms with Crippen LogP contribution in [-0.2, 0) is 0 Å². The van der Waals surface area contributed by atoms with Crippen LogP contribution in [0.25, 0.3) is 0 Å². The van der Waals surface area contributed by atoms with E-state index in [1.165, 1.54) is 0 Å². The van der Waals surface area contributed by atoms with E-state index in [-0.39, 0.29) is 0 Å². The second kappa shape index (κ2) is 3.86. The predicted octanol–water partition coefficient (Wildman–Crippen LogP) is 0.968. The topological polar surface area (TPSA) is 102 Å². The predicted molar refractivity (Wildman–Crippen MR) is 45.5 cm³/mol. The number of nitro benzene ring substituents is 1. The average molecular weight is 217 g/mol. The highest BCUT2D eigenvalue weighted by Gasteiger charge is 2.23. The van der Waals surface area contributed by atoms with Crippen molar-refractivity contribution in [3.8, 4) is 0 Å². The molecule has 0 spiro atoms. The Bertz CT molecular complexity index is 447. The second-order valence-corrected chi connectivity index (χ2v) is 2.50. The molecule has 1 rings (SSSR count). The zero-order valence-corrected chi connectivity index (χ0v) is 7.15. The lowest BCUT2D eigenvalue weighted by molar-refractivity contribution is -0.387. The highest BCUT2D eigenvalue weighted by atomic mass is 19.1. The molecule has 1 aromatic carbocycles. The summed E-state index contributed by atoms with van der Waals surface area (Å²) in [5.41, 5.74) is 3.09. The molecule has 0 heterocycles. The number of nitrogens with zero attached hydrogens (tertiary/aromatic N) is 2. The minimum atomic E-state index is -1.48. The van der Waals surface area contributed by atoms with Gasteiger partial charge in [-0.05, 0) is 6.07 Å². The van der Waals surface area contributed by atoms with E-state index in [9.17, 15) is 18.9 Å². The maximum Gasteiger partial charge on any atom is 0.305 e. The number of nitrogens with two attached hydrogens (primary N) is 1. The van der Waals surface area contributed by atoms with Crippen molar-refractivity contribution < 1.29 is 18.9 Å². The van der Waals surface area contributed by atoms with E-state index in [0.717, 1.165) is 0 Å². The fraction of sp³-hybridized carbons (Fsp3) is 0. The smallest absolute Gasteiger partial charge is 0.305 e. The Labute approximate surface area is 81.8 Å². The molecule has 15 heavy (non-hydrogen) atoms. The van der Waals surface area contributed by atoms with E-state index in [1.54, 1.807) is 0 Å². The van der Waals surface area contributed by atoms with Crippen molar-refractivity contribution in [1.82, 2.24) is 0 Å². The van der Waals surface area contributed by atoms with Crippen LogP contribution < -0.4 is 5.73 Å². The molecule has 0 aliphatic heterocycles. The minimum Gasteiger partial charge on any atom is -0.409 e.